The summed E-state index contributed by atoms with van der Waals surface area (Å²) < 4.78 is 32.0. The molecule has 162 valence electrons. The zero-order valence-electron chi connectivity index (χ0n) is 17.4. The lowest BCUT2D eigenvalue weighted by molar-refractivity contribution is 0.0937. The first kappa shape index (κ1) is 22.5. The minimum absolute atomic E-state index is 0.0619. The molecule has 1 fully saturated rings. The second-order valence-electron chi connectivity index (χ2n) is 7.73. The van der Waals surface area contributed by atoms with Gasteiger partial charge in [0.05, 0.1) is 12.4 Å². The molecule has 0 spiro atoms. The number of rotatable bonds is 9. The Kier molecular flexibility index (Phi) is 8.01. The molecule has 1 aliphatic heterocycles. The fourth-order valence-electron chi connectivity index (χ4n) is 3.76. The van der Waals surface area contributed by atoms with E-state index >= 15 is 0 Å². The lowest BCUT2D eigenvalue weighted by atomic mass is 9.91. The molecule has 0 atom stereocenters. The highest BCUT2D eigenvalue weighted by molar-refractivity contribution is 7.88. The third-order valence-electron chi connectivity index (χ3n) is 5.49. The van der Waals surface area contributed by atoms with Gasteiger partial charge in [-0.15, -0.1) is 0 Å². The predicted octanol–water partition coefficient (Wildman–Crippen LogP) is 2.85. The van der Waals surface area contributed by atoms with Gasteiger partial charge in [-0.05, 0) is 48.4 Å². The molecule has 1 aliphatic rings. The van der Waals surface area contributed by atoms with E-state index in [4.69, 9.17) is 4.74 Å². The second kappa shape index (κ2) is 10.7. The number of amides is 1. The number of carbonyl (C=O) groups is 1. The maximum atomic E-state index is 12.7. The molecule has 0 bridgehead atoms. The van der Waals surface area contributed by atoms with E-state index in [2.05, 4.69) is 5.32 Å². The molecule has 7 heteroatoms. The minimum Gasteiger partial charge on any atom is -0.383 e. The number of ether oxygens (including phenoxy) is 1. The first-order valence-electron chi connectivity index (χ1n) is 10.4. The van der Waals surface area contributed by atoms with Crippen LogP contribution in [-0.2, 0) is 26.9 Å². The Morgan fingerprint density at radius 2 is 1.70 bits per heavy atom. The molecule has 1 amide bonds. The van der Waals surface area contributed by atoms with Crippen LogP contribution in [0.15, 0.2) is 54.6 Å². The first-order valence-corrected chi connectivity index (χ1v) is 12.0. The molecule has 1 saturated heterocycles. The number of sulfonamides is 1. The van der Waals surface area contributed by atoms with Gasteiger partial charge in [-0.1, -0.05) is 42.5 Å². The lowest BCUT2D eigenvalue weighted by Gasteiger charge is -2.31. The molecule has 2 aromatic carbocycles. The van der Waals surface area contributed by atoms with Gasteiger partial charge < -0.3 is 10.1 Å². The molecule has 0 unspecified atom stereocenters. The molecule has 0 aromatic heterocycles. The molecule has 0 saturated carbocycles. The Morgan fingerprint density at radius 3 is 2.33 bits per heavy atom. The largest absolute Gasteiger partial charge is 0.383 e. The van der Waals surface area contributed by atoms with Crippen LogP contribution in [0.4, 0.5) is 0 Å². The van der Waals surface area contributed by atoms with E-state index in [1.807, 2.05) is 54.6 Å². The van der Waals surface area contributed by atoms with Gasteiger partial charge in [-0.25, -0.2) is 12.7 Å². The van der Waals surface area contributed by atoms with Gasteiger partial charge in [-0.2, -0.15) is 0 Å². The van der Waals surface area contributed by atoms with Crippen molar-refractivity contribution in [1.82, 2.24) is 9.62 Å². The van der Waals surface area contributed by atoms with Gasteiger partial charge in [0.15, 0.2) is 0 Å². The predicted molar refractivity (Wildman–Crippen MR) is 118 cm³/mol. The van der Waals surface area contributed by atoms with Crippen LogP contribution in [0.25, 0.3) is 0 Å². The van der Waals surface area contributed by atoms with E-state index in [1.165, 1.54) is 5.56 Å². The Balaban J connectivity index is 1.48. The average molecular weight is 431 g/mol. The number of methoxy groups -OCH3 is 1. The van der Waals surface area contributed by atoms with E-state index in [-0.39, 0.29) is 11.7 Å². The standard InChI is InChI=1S/C23H30N2O4S/c1-29-16-13-24-23(26)22-9-7-19(8-10-22)17-20-11-14-25(15-12-20)30(27,28)18-21-5-3-2-4-6-21/h2-10,20H,11-18H2,1H3,(H,24,26). The number of nitrogens with zero attached hydrogens (tertiary/aromatic N) is 1. The molecule has 0 radical (unpaired) electrons. The Hall–Kier alpha value is -2.22. The van der Waals surface area contributed by atoms with Crippen molar-refractivity contribution in [2.45, 2.75) is 25.0 Å². The van der Waals surface area contributed by atoms with Crippen LogP contribution in [0.5, 0.6) is 0 Å². The summed E-state index contributed by atoms with van der Waals surface area (Å²) in [6.07, 6.45) is 2.61. The van der Waals surface area contributed by atoms with E-state index in [0.29, 0.717) is 37.7 Å². The average Bonchev–Trinajstić information content (AvgIpc) is 2.75. The van der Waals surface area contributed by atoms with Crippen LogP contribution in [0.1, 0.15) is 34.3 Å². The van der Waals surface area contributed by atoms with Crippen molar-refractivity contribution in [1.29, 1.82) is 0 Å². The Morgan fingerprint density at radius 1 is 1.03 bits per heavy atom. The third-order valence-corrected chi connectivity index (χ3v) is 7.34. The normalized spacial score (nSPS) is 15.8. The lowest BCUT2D eigenvalue weighted by Crippen LogP contribution is -2.39. The smallest absolute Gasteiger partial charge is 0.251 e. The van der Waals surface area contributed by atoms with Crippen molar-refractivity contribution in [3.63, 3.8) is 0 Å². The molecule has 0 aliphatic carbocycles. The van der Waals surface area contributed by atoms with E-state index in [0.717, 1.165) is 24.8 Å². The summed E-state index contributed by atoms with van der Waals surface area (Å²) in [4.78, 5) is 12.1. The monoisotopic (exact) mass is 430 g/mol. The summed E-state index contributed by atoms with van der Waals surface area (Å²) in [7, 11) is -1.68. The second-order valence-corrected chi connectivity index (χ2v) is 9.70. The Bertz CT molecular complexity index is 906. The van der Waals surface area contributed by atoms with E-state index < -0.39 is 10.0 Å². The maximum Gasteiger partial charge on any atom is 0.251 e. The van der Waals surface area contributed by atoms with Gasteiger partial charge in [0.25, 0.3) is 5.91 Å². The molecular formula is C23H30N2O4S. The van der Waals surface area contributed by atoms with Gasteiger partial charge in [-0.3, -0.25) is 4.79 Å². The van der Waals surface area contributed by atoms with Gasteiger partial charge in [0.1, 0.15) is 0 Å². The summed E-state index contributed by atoms with van der Waals surface area (Å²) in [6, 6.07) is 17.0. The number of hydrogen-bond acceptors (Lipinski definition) is 4. The highest BCUT2D eigenvalue weighted by atomic mass is 32.2. The van der Waals surface area contributed by atoms with Crippen LogP contribution < -0.4 is 5.32 Å². The molecule has 1 N–H and O–H groups in total. The number of carbonyl (C=O) groups excluding carboxylic acids is 1. The van der Waals surface area contributed by atoms with Gasteiger partial charge in [0, 0.05) is 32.3 Å². The van der Waals surface area contributed by atoms with Crippen LogP contribution in [0.3, 0.4) is 0 Å². The molecule has 30 heavy (non-hydrogen) atoms. The van der Waals surface area contributed by atoms with Crippen LogP contribution in [0, 0.1) is 5.92 Å². The summed E-state index contributed by atoms with van der Waals surface area (Å²) in [5, 5.41) is 2.81. The van der Waals surface area contributed by atoms with Crippen molar-refractivity contribution >= 4 is 15.9 Å². The minimum atomic E-state index is -3.28. The highest BCUT2D eigenvalue weighted by Crippen LogP contribution is 2.25. The highest BCUT2D eigenvalue weighted by Gasteiger charge is 2.28. The quantitative estimate of drug-likeness (QED) is 0.621. The molecular weight excluding hydrogens is 400 g/mol. The topological polar surface area (TPSA) is 75.7 Å². The van der Waals surface area contributed by atoms with Gasteiger partial charge >= 0.3 is 0 Å². The third kappa shape index (κ3) is 6.39. The van der Waals surface area contributed by atoms with Crippen molar-refractivity contribution in [3.8, 4) is 0 Å². The van der Waals surface area contributed by atoms with Crippen molar-refractivity contribution in [2.75, 3.05) is 33.4 Å². The molecule has 6 nitrogen and oxygen atoms in total. The summed E-state index contributed by atoms with van der Waals surface area (Å²) in [6.45, 7) is 2.12. The summed E-state index contributed by atoms with van der Waals surface area (Å²) in [5.41, 5.74) is 2.64. The fraction of sp³-hybridized carbons (Fsp3) is 0.435. The van der Waals surface area contributed by atoms with Crippen LogP contribution in [-0.4, -0.2) is 52.0 Å². The van der Waals surface area contributed by atoms with Crippen molar-refractivity contribution in [2.24, 2.45) is 5.92 Å². The number of nitrogens with one attached hydrogen (secondary N) is 1. The molecule has 1 heterocycles. The van der Waals surface area contributed by atoms with Crippen LogP contribution in [0.2, 0.25) is 0 Å². The van der Waals surface area contributed by atoms with Crippen molar-refractivity contribution in [3.05, 3.63) is 71.3 Å². The first-order chi connectivity index (χ1) is 14.5. The Labute approximate surface area is 179 Å². The zero-order chi connectivity index (χ0) is 21.4. The van der Waals surface area contributed by atoms with E-state index in [9.17, 15) is 13.2 Å². The number of hydrogen-bond donors (Lipinski definition) is 1. The van der Waals surface area contributed by atoms with Gasteiger partial charge in [0.2, 0.25) is 10.0 Å². The summed E-state index contributed by atoms with van der Waals surface area (Å²) in [5.74, 6) is 0.414. The SMILES string of the molecule is COCCNC(=O)c1ccc(CC2CCN(S(=O)(=O)Cc3ccccc3)CC2)cc1. The zero-order valence-corrected chi connectivity index (χ0v) is 18.2. The van der Waals surface area contributed by atoms with E-state index in [1.54, 1.807) is 11.4 Å². The summed E-state index contributed by atoms with van der Waals surface area (Å²) >= 11 is 0. The molecule has 3 rings (SSSR count). The maximum absolute atomic E-state index is 12.7. The number of benzene rings is 2. The fourth-order valence-corrected chi connectivity index (χ4v) is 5.33. The number of piperidine rings is 1. The molecule has 2 aromatic rings. The van der Waals surface area contributed by atoms with Crippen LogP contribution >= 0.6 is 0 Å². The van der Waals surface area contributed by atoms with Crippen molar-refractivity contribution < 1.29 is 17.9 Å².